The number of piperazine rings is 1. The Labute approximate surface area is 137 Å². The fraction of sp³-hybridized carbons (Fsp3) is 0.588. The molecular formula is C17H23ClN2O2. The van der Waals surface area contributed by atoms with Crippen LogP contribution in [0.5, 0.6) is 0 Å². The van der Waals surface area contributed by atoms with Crippen LogP contribution in [0.15, 0.2) is 24.3 Å². The largest absolute Gasteiger partial charge is 0.381 e. The Bertz CT molecular complexity index is 492. The maximum atomic E-state index is 12.4. The van der Waals surface area contributed by atoms with Crippen molar-refractivity contribution < 1.29 is 9.53 Å². The summed E-state index contributed by atoms with van der Waals surface area (Å²) < 4.78 is 5.43. The third-order valence-electron chi connectivity index (χ3n) is 4.53. The van der Waals surface area contributed by atoms with Crippen molar-refractivity contribution in [3.8, 4) is 0 Å². The standard InChI is InChI=1S/C17H23ClN2O2/c18-16-3-1-14(2-4-16)11-17(21)20-8-6-19(7-9-20)12-15-5-10-22-13-15/h1-4,15H,5-13H2. The number of nitrogens with zero attached hydrogens (tertiary/aromatic N) is 2. The summed E-state index contributed by atoms with van der Waals surface area (Å²) in [6.45, 7) is 6.53. The number of hydrogen-bond acceptors (Lipinski definition) is 3. The van der Waals surface area contributed by atoms with Crippen LogP contribution in [0.3, 0.4) is 0 Å². The van der Waals surface area contributed by atoms with Crippen LogP contribution in [0.25, 0.3) is 0 Å². The highest BCUT2D eigenvalue weighted by atomic mass is 35.5. The van der Waals surface area contributed by atoms with E-state index in [9.17, 15) is 4.79 Å². The molecule has 0 bridgehead atoms. The molecule has 0 aromatic heterocycles. The van der Waals surface area contributed by atoms with Gasteiger partial charge in [0, 0.05) is 44.4 Å². The molecule has 1 aromatic carbocycles. The van der Waals surface area contributed by atoms with Crippen LogP contribution in [0.1, 0.15) is 12.0 Å². The molecule has 0 aliphatic carbocycles. The van der Waals surface area contributed by atoms with Crippen molar-refractivity contribution in [2.24, 2.45) is 5.92 Å². The summed E-state index contributed by atoms with van der Waals surface area (Å²) in [7, 11) is 0. The van der Waals surface area contributed by atoms with Gasteiger partial charge in [0.05, 0.1) is 13.0 Å². The van der Waals surface area contributed by atoms with Gasteiger partial charge < -0.3 is 9.64 Å². The van der Waals surface area contributed by atoms with Crippen molar-refractivity contribution in [3.63, 3.8) is 0 Å². The minimum absolute atomic E-state index is 0.214. The molecule has 1 amide bonds. The molecule has 0 radical (unpaired) electrons. The lowest BCUT2D eigenvalue weighted by atomic mass is 10.1. The average Bonchev–Trinajstić information content (AvgIpc) is 3.03. The lowest BCUT2D eigenvalue weighted by Crippen LogP contribution is -2.50. The van der Waals surface area contributed by atoms with Gasteiger partial charge in [-0.2, -0.15) is 0 Å². The monoisotopic (exact) mass is 322 g/mol. The summed E-state index contributed by atoms with van der Waals surface area (Å²) in [6, 6.07) is 7.53. The van der Waals surface area contributed by atoms with Crippen molar-refractivity contribution >= 4 is 17.5 Å². The van der Waals surface area contributed by atoms with Gasteiger partial charge in [0.2, 0.25) is 5.91 Å². The van der Waals surface area contributed by atoms with E-state index in [0.717, 1.165) is 51.5 Å². The van der Waals surface area contributed by atoms with Gasteiger partial charge in [0.15, 0.2) is 0 Å². The first-order chi connectivity index (χ1) is 10.7. The first kappa shape index (κ1) is 15.8. The Morgan fingerprint density at radius 3 is 2.55 bits per heavy atom. The second-order valence-electron chi connectivity index (χ2n) is 6.21. The molecule has 4 nitrogen and oxygen atoms in total. The smallest absolute Gasteiger partial charge is 0.227 e. The highest BCUT2D eigenvalue weighted by molar-refractivity contribution is 6.30. The molecule has 1 unspecified atom stereocenters. The van der Waals surface area contributed by atoms with Crippen LogP contribution < -0.4 is 0 Å². The van der Waals surface area contributed by atoms with Gasteiger partial charge in [-0.3, -0.25) is 9.69 Å². The Morgan fingerprint density at radius 1 is 1.18 bits per heavy atom. The average molecular weight is 323 g/mol. The molecule has 1 aromatic rings. The number of halogens is 1. The summed E-state index contributed by atoms with van der Waals surface area (Å²) in [4.78, 5) is 16.8. The van der Waals surface area contributed by atoms with Crippen molar-refractivity contribution in [2.75, 3.05) is 45.9 Å². The van der Waals surface area contributed by atoms with E-state index in [1.807, 2.05) is 29.2 Å². The minimum Gasteiger partial charge on any atom is -0.381 e. The first-order valence-electron chi connectivity index (χ1n) is 8.03. The van der Waals surface area contributed by atoms with E-state index in [1.54, 1.807) is 0 Å². The van der Waals surface area contributed by atoms with Gasteiger partial charge in [0.1, 0.15) is 0 Å². The summed E-state index contributed by atoms with van der Waals surface area (Å²) in [6.07, 6.45) is 1.64. The van der Waals surface area contributed by atoms with E-state index in [4.69, 9.17) is 16.3 Å². The molecule has 1 atom stereocenters. The van der Waals surface area contributed by atoms with Crippen LogP contribution in [-0.4, -0.2) is 61.6 Å². The van der Waals surface area contributed by atoms with E-state index in [1.165, 1.54) is 6.42 Å². The molecule has 0 spiro atoms. The second-order valence-corrected chi connectivity index (χ2v) is 6.65. The van der Waals surface area contributed by atoms with E-state index in [-0.39, 0.29) is 5.91 Å². The predicted molar refractivity (Wildman–Crippen MR) is 87.1 cm³/mol. The van der Waals surface area contributed by atoms with Gasteiger partial charge in [-0.05, 0) is 30.0 Å². The second kappa shape index (κ2) is 7.44. The number of amides is 1. The number of benzene rings is 1. The van der Waals surface area contributed by atoms with E-state index < -0.39 is 0 Å². The number of hydrogen-bond donors (Lipinski definition) is 0. The van der Waals surface area contributed by atoms with Crippen molar-refractivity contribution in [1.29, 1.82) is 0 Å². The van der Waals surface area contributed by atoms with E-state index in [0.29, 0.717) is 17.4 Å². The molecule has 2 heterocycles. The lowest BCUT2D eigenvalue weighted by molar-refractivity contribution is -0.132. The number of rotatable bonds is 4. The third-order valence-corrected chi connectivity index (χ3v) is 4.79. The zero-order valence-electron chi connectivity index (χ0n) is 12.8. The molecule has 0 saturated carbocycles. The van der Waals surface area contributed by atoms with Crippen molar-refractivity contribution in [2.45, 2.75) is 12.8 Å². The first-order valence-corrected chi connectivity index (χ1v) is 8.41. The fourth-order valence-corrected chi connectivity index (χ4v) is 3.29. The molecule has 2 saturated heterocycles. The van der Waals surface area contributed by atoms with Crippen LogP contribution in [0.4, 0.5) is 0 Å². The summed E-state index contributed by atoms with van der Waals surface area (Å²) in [5.41, 5.74) is 1.03. The number of ether oxygens (including phenoxy) is 1. The number of carbonyl (C=O) groups excluding carboxylic acids is 1. The SMILES string of the molecule is O=C(Cc1ccc(Cl)cc1)N1CCN(CC2CCOC2)CC1. The zero-order chi connectivity index (χ0) is 15.4. The quantitative estimate of drug-likeness (QED) is 0.850. The minimum atomic E-state index is 0.214. The fourth-order valence-electron chi connectivity index (χ4n) is 3.16. The summed E-state index contributed by atoms with van der Waals surface area (Å²) in [5, 5.41) is 0.709. The normalized spacial score (nSPS) is 23.0. The Morgan fingerprint density at radius 2 is 1.91 bits per heavy atom. The topological polar surface area (TPSA) is 32.8 Å². The molecule has 22 heavy (non-hydrogen) atoms. The van der Waals surface area contributed by atoms with E-state index in [2.05, 4.69) is 4.90 Å². The lowest BCUT2D eigenvalue weighted by Gasteiger charge is -2.35. The number of carbonyl (C=O) groups is 1. The van der Waals surface area contributed by atoms with Crippen LogP contribution in [0, 0.1) is 5.92 Å². The van der Waals surface area contributed by atoms with Gasteiger partial charge in [-0.25, -0.2) is 0 Å². The van der Waals surface area contributed by atoms with Gasteiger partial charge in [-0.15, -0.1) is 0 Å². The van der Waals surface area contributed by atoms with Crippen LogP contribution in [-0.2, 0) is 16.0 Å². The van der Waals surface area contributed by atoms with Gasteiger partial charge in [0.25, 0.3) is 0 Å². The van der Waals surface area contributed by atoms with Crippen molar-refractivity contribution in [1.82, 2.24) is 9.80 Å². The van der Waals surface area contributed by atoms with Crippen LogP contribution in [0.2, 0.25) is 5.02 Å². The Kier molecular flexibility index (Phi) is 5.34. The molecule has 2 fully saturated rings. The van der Waals surface area contributed by atoms with Gasteiger partial charge >= 0.3 is 0 Å². The van der Waals surface area contributed by atoms with Gasteiger partial charge in [-0.1, -0.05) is 23.7 Å². The summed E-state index contributed by atoms with van der Waals surface area (Å²) >= 11 is 5.87. The van der Waals surface area contributed by atoms with E-state index >= 15 is 0 Å². The highest BCUT2D eigenvalue weighted by Crippen LogP contribution is 2.16. The molecule has 120 valence electrons. The third kappa shape index (κ3) is 4.22. The van der Waals surface area contributed by atoms with Crippen molar-refractivity contribution in [3.05, 3.63) is 34.9 Å². The van der Waals surface area contributed by atoms with Crippen LogP contribution >= 0.6 is 11.6 Å². The molecule has 5 heteroatoms. The zero-order valence-corrected chi connectivity index (χ0v) is 13.6. The Balaban J connectivity index is 1.44. The molecule has 2 aliphatic rings. The highest BCUT2D eigenvalue weighted by Gasteiger charge is 2.24. The Hall–Kier alpha value is -1.10. The molecular weight excluding hydrogens is 300 g/mol. The predicted octanol–water partition coefficient (Wildman–Crippen LogP) is 2.06. The maximum Gasteiger partial charge on any atom is 0.227 e. The molecule has 3 rings (SSSR count). The maximum absolute atomic E-state index is 12.4. The molecule has 2 aliphatic heterocycles. The molecule has 0 N–H and O–H groups in total. The summed E-state index contributed by atoms with van der Waals surface area (Å²) in [5.74, 6) is 0.891.